The highest BCUT2D eigenvalue weighted by Gasteiger charge is 2.46. The van der Waals surface area contributed by atoms with E-state index in [1.165, 1.54) is 9.58 Å². The minimum Gasteiger partial charge on any atom is -0.294 e. The molecule has 3 aromatic rings. The van der Waals surface area contributed by atoms with Crippen LogP contribution >= 0.6 is 11.6 Å². The number of imide groups is 1. The number of H-pyrrole nitrogens is 1. The number of hydrogen-bond donors (Lipinski definition) is 1. The van der Waals surface area contributed by atoms with Crippen LogP contribution in [0.15, 0.2) is 53.6 Å². The summed E-state index contributed by atoms with van der Waals surface area (Å²) in [6.45, 7) is 6.02. The second kappa shape index (κ2) is 8.59. The lowest BCUT2D eigenvalue weighted by Crippen LogP contribution is -2.39. The van der Waals surface area contributed by atoms with Gasteiger partial charge in [-0.25, -0.2) is 4.68 Å². The van der Waals surface area contributed by atoms with Gasteiger partial charge in [0.25, 0.3) is 17.2 Å². The molecule has 164 valence electrons. The van der Waals surface area contributed by atoms with Crippen molar-refractivity contribution in [1.82, 2.24) is 14.7 Å². The van der Waals surface area contributed by atoms with Crippen LogP contribution in [0.4, 0.5) is 0 Å². The number of halogens is 1. The Morgan fingerprint density at radius 3 is 2.22 bits per heavy atom. The number of amides is 2. The molecular formula is C24H24ClN4O3+. The van der Waals surface area contributed by atoms with Crippen molar-refractivity contribution in [2.45, 2.75) is 33.6 Å². The molecule has 2 amide bonds. The second-order valence-corrected chi connectivity index (χ2v) is 8.14. The van der Waals surface area contributed by atoms with Crippen LogP contribution in [0.5, 0.6) is 0 Å². The van der Waals surface area contributed by atoms with Crippen LogP contribution in [0, 0.1) is 6.92 Å². The van der Waals surface area contributed by atoms with E-state index in [0.717, 1.165) is 5.56 Å². The Labute approximate surface area is 190 Å². The van der Waals surface area contributed by atoms with E-state index in [-0.39, 0.29) is 28.9 Å². The molecule has 0 saturated heterocycles. The van der Waals surface area contributed by atoms with Gasteiger partial charge in [-0.15, -0.1) is 0 Å². The Hall–Kier alpha value is -3.45. The molecule has 0 unspecified atom stereocenters. The summed E-state index contributed by atoms with van der Waals surface area (Å²) in [5.74, 6) is -0.851. The molecule has 2 aromatic heterocycles. The molecular weight excluding hydrogens is 428 g/mol. The SMILES string of the molecule is CCCN1C(=O)C(c2c(CC)[nH]n(-c3ccc(Cl)cc3)c2=O)=C([n+]2ccc(C)cc2)C1=O. The van der Waals surface area contributed by atoms with Crippen LogP contribution in [-0.4, -0.2) is 33.0 Å². The summed E-state index contributed by atoms with van der Waals surface area (Å²) in [5, 5.41) is 3.66. The molecule has 7 nitrogen and oxygen atoms in total. The van der Waals surface area contributed by atoms with Gasteiger partial charge in [-0.3, -0.25) is 24.4 Å². The van der Waals surface area contributed by atoms with E-state index in [0.29, 0.717) is 29.2 Å². The molecule has 32 heavy (non-hydrogen) atoms. The molecule has 1 aromatic carbocycles. The minimum atomic E-state index is -0.450. The van der Waals surface area contributed by atoms with Crippen molar-refractivity contribution < 1.29 is 14.2 Å². The number of rotatable bonds is 6. The Morgan fingerprint density at radius 2 is 1.62 bits per heavy atom. The fourth-order valence-electron chi connectivity index (χ4n) is 3.87. The maximum atomic E-state index is 13.5. The molecule has 0 bridgehead atoms. The first-order valence-corrected chi connectivity index (χ1v) is 10.9. The van der Waals surface area contributed by atoms with E-state index in [1.807, 2.05) is 32.9 Å². The molecule has 0 radical (unpaired) electrons. The average molecular weight is 452 g/mol. The van der Waals surface area contributed by atoms with Gasteiger partial charge >= 0.3 is 5.91 Å². The monoisotopic (exact) mass is 451 g/mol. The van der Waals surface area contributed by atoms with Gasteiger partial charge in [-0.2, -0.15) is 4.57 Å². The third-order valence-electron chi connectivity index (χ3n) is 5.50. The zero-order valence-corrected chi connectivity index (χ0v) is 18.9. The Morgan fingerprint density at radius 1 is 0.969 bits per heavy atom. The van der Waals surface area contributed by atoms with E-state index in [9.17, 15) is 14.4 Å². The molecule has 4 rings (SSSR count). The molecule has 8 heteroatoms. The lowest BCUT2D eigenvalue weighted by molar-refractivity contribution is -0.577. The average Bonchev–Trinajstić information content (AvgIpc) is 3.23. The molecule has 0 fully saturated rings. The first-order valence-electron chi connectivity index (χ1n) is 10.6. The van der Waals surface area contributed by atoms with E-state index in [1.54, 1.807) is 41.2 Å². The Bertz CT molecular complexity index is 1280. The van der Waals surface area contributed by atoms with Gasteiger partial charge < -0.3 is 0 Å². The number of pyridine rings is 1. The normalized spacial score (nSPS) is 14.1. The summed E-state index contributed by atoms with van der Waals surface area (Å²) >= 11 is 5.99. The number of nitrogens with zero attached hydrogens (tertiary/aromatic N) is 3. The van der Waals surface area contributed by atoms with Gasteiger partial charge in [0.05, 0.1) is 11.3 Å². The standard InChI is InChI=1S/C24H23ClN4O3/c1-4-12-28-22(30)20(21(24(28)32)27-13-10-15(3)11-14-27)19-18(5-2)26-29(23(19)31)17-8-6-16(25)7-9-17/h6-11,13-14H,4-5,12H2,1-3H3/p+1. The van der Waals surface area contributed by atoms with Crippen LogP contribution < -0.4 is 10.1 Å². The molecule has 1 N–H and O–H groups in total. The fourth-order valence-corrected chi connectivity index (χ4v) is 4.00. The highest BCUT2D eigenvalue weighted by atomic mass is 35.5. The number of aromatic nitrogens is 3. The Kier molecular flexibility index (Phi) is 5.84. The van der Waals surface area contributed by atoms with Gasteiger partial charge in [0.2, 0.25) is 0 Å². The minimum absolute atomic E-state index is 0.128. The van der Waals surface area contributed by atoms with Crippen LogP contribution in [-0.2, 0) is 16.0 Å². The number of carbonyl (C=O) groups is 2. The van der Waals surface area contributed by atoms with Crippen molar-refractivity contribution in [3.05, 3.63) is 81.0 Å². The third-order valence-corrected chi connectivity index (χ3v) is 5.75. The summed E-state index contributed by atoms with van der Waals surface area (Å²) in [7, 11) is 0. The van der Waals surface area contributed by atoms with Crippen molar-refractivity contribution in [2.75, 3.05) is 6.54 Å². The fraction of sp³-hybridized carbons (Fsp3) is 0.250. The van der Waals surface area contributed by atoms with E-state index in [2.05, 4.69) is 5.10 Å². The summed E-state index contributed by atoms with van der Waals surface area (Å²) < 4.78 is 3.01. The van der Waals surface area contributed by atoms with Crippen molar-refractivity contribution in [3.63, 3.8) is 0 Å². The molecule has 0 spiro atoms. The molecule has 1 aliphatic heterocycles. The summed E-state index contributed by atoms with van der Waals surface area (Å²) in [4.78, 5) is 41.5. The van der Waals surface area contributed by atoms with Crippen molar-refractivity contribution in [2.24, 2.45) is 0 Å². The first kappa shape index (κ1) is 21.8. The predicted molar refractivity (Wildman–Crippen MR) is 122 cm³/mol. The third kappa shape index (κ3) is 3.58. The van der Waals surface area contributed by atoms with Gasteiger partial charge in [0.1, 0.15) is 5.57 Å². The molecule has 0 aliphatic carbocycles. The van der Waals surface area contributed by atoms with E-state index in [4.69, 9.17) is 11.6 Å². The maximum absolute atomic E-state index is 13.5. The largest absolute Gasteiger partial charge is 0.326 e. The number of benzene rings is 1. The highest BCUT2D eigenvalue weighted by molar-refractivity contribution is 6.44. The Balaban J connectivity index is 1.98. The number of carbonyl (C=O) groups excluding carboxylic acids is 2. The van der Waals surface area contributed by atoms with Crippen LogP contribution in [0.1, 0.15) is 37.1 Å². The zero-order valence-electron chi connectivity index (χ0n) is 18.2. The first-order chi connectivity index (χ1) is 15.4. The number of aromatic amines is 1. The van der Waals surface area contributed by atoms with Crippen LogP contribution in [0.25, 0.3) is 17.0 Å². The number of nitrogens with one attached hydrogen (secondary N) is 1. The van der Waals surface area contributed by atoms with Crippen LogP contribution in [0.3, 0.4) is 0 Å². The lowest BCUT2D eigenvalue weighted by atomic mass is 10.0. The van der Waals surface area contributed by atoms with Crippen LogP contribution in [0.2, 0.25) is 5.02 Å². The number of hydrogen-bond acceptors (Lipinski definition) is 3. The second-order valence-electron chi connectivity index (χ2n) is 7.70. The van der Waals surface area contributed by atoms with Gasteiger partial charge in [-0.1, -0.05) is 25.4 Å². The topological polar surface area (TPSA) is 79.1 Å². The van der Waals surface area contributed by atoms with Crippen molar-refractivity contribution in [3.8, 4) is 5.69 Å². The predicted octanol–water partition coefficient (Wildman–Crippen LogP) is 3.12. The molecule has 0 atom stereocenters. The van der Waals surface area contributed by atoms with Gasteiger partial charge in [0.15, 0.2) is 12.4 Å². The summed E-state index contributed by atoms with van der Waals surface area (Å²) in [6, 6.07) is 10.5. The molecule has 3 heterocycles. The van der Waals surface area contributed by atoms with E-state index < -0.39 is 11.8 Å². The summed E-state index contributed by atoms with van der Waals surface area (Å²) in [5.41, 5.74) is 2.36. The highest BCUT2D eigenvalue weighted by Crippen LogP contribution is 2.30. The summed E-state index contributed by atoms with van der Waals surface area (Å²) in [6.07, 6.45) is 4.58. The zero-order chi connectivity index (χ0) is 23.0. The quantitative estimate of drug-likeness (QED) is 0.462. The number of aryl methyl sites for hydroxylation is 2. The maximum Gasteiger partial charge on any atom is 0.326 e. The molecule has 1 aliphatic rings. The lowest BCUT2D eigenvalue weighted by Gasteiger charge is -2.11. The van der Waals surface area contributed by atoms with Crippen molar-refractivity contribution >= 4 is 34.7 Å². The van der Waals surface area contributed by atoms with Crippen molar-refractivity contribution in [1.29, 1.82) is 0 Å². The van der Waals surface area contributed by atoms with Gasteiger partial charge in [-0.05, 0) is 49.6 Å². The van der Waals surface area contributed by atoms with E-state index >= 15 is 0 Å². The molecule has 0 saturated carbocycles. The smallest absolute Gasteiger partial charge is 0.294 e. The van der Waals surface area contributed by atoms with Gasteiger partial charge in [0, 0.05) is 29.4 Å².